The van der Waals surface area contributed by atoms with Crippen molar-refractivity contribution in [3.05, 3.63) is 35.4 Å². The van der Waals surface area contributed by atoms with Gasteiger partial charge in [-0.25, -0.2) is 0 Å². The molecule has 0 saturated heterocycles. The number of aromatic nitrogens is 4. The molecule has 1 aliphatic carbocycles. The maximum absolute atomic E-state index is 12.5. The predicted molar refractivity (Wildman–Crippen MR) is 99.6 cm³/mol. The zero-order valence-electron chi connectivity index (χ0n) is 15.0. The minimum atomic E-state index is -0.805. The molecule has 7 nitrogen and oxygen atoms in total. The van der Waals surface area contributed by atoms with E-state index in [2.05, 4.69) is 10.2 Å². The lowest BCUT2D eigenvalue weighted by molar-refractivity contribution is -0.128. The zero-order chi connectivity index (χ0) is 18.1. The van der Waals surface area contributed by atoms with Gasteiger partial charge in [0.1, 0.15) is 6.10 Å². The standard InChI is InChI=1S/C18H25N5O2S/c1-21-16(5-6-19-21)18(25)15-9-14-10-22(7-2-8-23(14)20-15)17(24)12-26-11-13-3-4-13/h5-6,9,13,18,25H,2-4,7-8,10-12H2,1H3/t18-/m0/s1. The number of carbonyl (C=O) groups is 1. The molecule has 0 radical (unpaired) electrons. The highest BCUT2D eigenvalue weighted by molar-refractivity contribution is 7.99. The summed E-state index contributed by atoms with van der Waals surface area (Å²) in [7, 11) is 1.80. The molecule has 0 aromatic carbocycles. The molecule has 1 fully saturated rings. The fourth-order valence-corrected chi connectivity index (χ4v) is 4.47. The molecule has 0 spiro atoms. The minimum Gasteiger partial charge on any atom is -0.380 e. The first-order valence-electron chi connectivity index (χ1n) is 9.20. The Labute approximate surface area is 157 Å². The lowest BCUT2D eigenvalue weighted by atomic mass is 10.2. The molecular formula is C18H25N5O2S. The van der Waals surface area contributed by atoms with E-state index in [0.717, 1.165) is 36.9 Å². The van der Waals surface area contributed by atoms with Gasteiger partial charge in [-0.2, -0.15) is 22.0 Å². The van der Waals surface area contributed by atoms with Crippen LogP contribution in [0.25, 0.3) is 0 Å². The van der Waals surface area contributed by atoms with Crippen LogP contribution in [0.3, 0.4) is 0 Å². The van der Waals surface area contributed by atoms with Crippen molar-refractivity contribution >= 4 is 17.7 Å². The summed E-state index contributed by atoms with van der Waals surface area (Å²) in [5.74, 6) is 2.72. The lowest BCUT2D eigenvalue weighted by Gasteiger charge is -2.19. The van der Waals surface area contributed by atoms with Crippen LogP contribution in [0.1, 0.15) is 42.4 Å². The third-order valence-corrected chi connectivity index (χ3v) is 6.24. The van der Waals surface area contributed by atoms with Crippen molar-refractivity contribution in [3.8, 4) is 0 Å². The van der Waals surface area contributed by atoms with Gasteiger partial charge in [0.2, 0.25) is 5.91 Å². The van der Waals surface area contributed by atoms with Crippen molar-refractivity contribution in [2.24, 2.45) is 13.0 Å². The topological polar surface area (TPSA) is 76.2 Å². The Balaban J connectivity index is 1.43. The largest absolute Gasteiger partial charge is 0.380 e. The number of hydrogen-bond donors (Lipinski definition) is 1. The summed E-state index contributed by atoms with van der Waals surface area (Å²) in [5, 5.41) is 19.3. The molecule has 2 aromatic heterocycles. The van der Waals surface area contributed by atoms with E-state index in [9.17, 15) is 9.90 Å². The first-order chi connectivity index (χ1) is 12.6. The van der Waals surface area contributed by atoms with E-state index in [-0.39, 0.29) is 5.91 Å². The summed E-state index contributed by atoms with van der Waals surface area (Å²) < 4.78 is 3.59. The Hall–Kier alpha value is -1.80. The van der Waals surface area contributed by atoms with Gasteiger partial charge in [-0.1, -0.05) is 0 Å². The molecule has 2 aromatic rings. The van der Waals surface area contributed by atoms with Crippen LogP contribution in [0.15, 0.2) is 18.3 Å². The number of nitrogens with zero attached hydrogens (tertiary/aromatic N) is 5. The quantitative estimate of drug-likeness (QED) is 0.829. The van der Waals surface area contributed by atoms with Crippen LogP contribution < -0.4 is 0 Å². The van der Waals surface area contributed by atoms with E-state index in [1.807, 2.05) is 15.6 Å². The van der Waals surface area contributed by atoms with E-state index in [1.54, 1.807) is 35.8 Å². The molecular weight excluding hydrogens is 350 g/mol. The van der Waals surface area contributed by atoms with E-state index < -0.39 is 6.10 Å². The summed E-state index contributed by atoms with van der Waals surface area (Å²) >= 11 is 1.76. The van der Waals surface area contributed by atoms with Crippen LogP contribution >= 0.6 is 11.8 Å². The van der Waals surface area contributed by atoms with Crippen molar-refractivity contribution in [3.63, 3.8) is 0 Å². The molecule has 0 unspecified atom stereocenters. The number of aryl methyl sites for hydroxylation is 2. The molecule has 26 heavy (non-hydrogen) atoms. The van der Waals surface area contributed by atoms with Gasteiger partial charge in [0, 0.05) is 26.3 Å². The Morgan fingerprint density at radius 1 is 1.42 bits per heavy atom. The zero-order valence-corrected chi connectivity index (χ0v) is 15.9. The number of carbonyl (C=O) groups excluding carboxylic acids is 1. The third-order valence-electron chi connectivity index (χ3n) is 5.08. The van der Waals surface area contributed by atoms with Crippen molar-refractivity contribution in [2.45, 2.75) is 38.5 Å². The van der Waals surface area contributed by atoms with E-state index in [1.165, 1.54) is 12.8 Å². The molecule has 2 aliphatic rings. The van der Waals surface area contributed by atoms with Crippen molar-refractivity contribution in [2.75, 3.05) is 18.1 Å². The second-order valence-electron chi connectivity index (χ2n) is 7.19. The smallest absolute Gasteiger partial charge is 0.232 e. The van der Waals surface area contributed by atoms with Gasteiger partial charge in [-0.05, 0) is 43.1 Å². The fraction of sp³-hybridized carbons (Fsp3) is 0.611. The lowest BCUT2D eigenvalue weighted by Crippen LogP contribution is -2.32. The molecule has 3 heterocycles. The Morgan fingerprint density at radius 2 is 2.27 bits per heavy atom. The minimum absolute atomic E-state index is 0.207. The number of aliphatic hydroxyl groups is 1. The number of rotatable bonds is 6. The van der Waals surface area contributed by atoms with Gasteiger partial charge < -0.3 is 10.0 Å². The first kappa shape index (κ1) is 17.6. The fourth-order valence-electron chi connectivity index (χ4n) is 3.32. The van der Waals surface area contributed by atoms with E-state index >= 15 is 0 Å². The average molecular weight is 375 g/mol. The molecule has 1 saturated carbocycles. The molecule has 1 aliphatic heterocycles. The van der Waals surface area contributed by atoms with Crippen LogP contribution in [0.5, 0.6) is 0 Å². The van der Waals surface area contributed by atoms with Crippen molar-refractivity contribution in [1.82, 2.24) is 24.5 Å². The number of fused-ring (bicyclic) bond motifs is 1. The van der Waals surface area contributed by atoms with E-state index in [4.69, 9.17) is 0 Å². The normalized spacial score (nSPS) is 18.5. The molecule has 8 heteroatoms. The number of hydrogen-bond acceptors (Lipinski definition) is 5. The van der Waals surface area contributed by atoms with Gasteiger partial charge in [-0.3, -0.25) is 14.2 Å². The molecule has 140 valence electrons. The molecule has 1 atom stereocenters. The van der Waals surface area contributed by atoms with Crippen LogP contribution in [0, 0.1) is 5.92 Å². The second-order valence-corrected chi connectivity index (χ2v) is 8.22. The second kappa shape index (κ2) is 7.44. The molecule has 0 bridgehead atoms. The average Bonchev–Trinajstić information content (AvgIpc) is 3.28. The van der Waals surface area contributed by atoms with Crippen LogP contribution in [0.2, 0.25) is 0 Å². The molecule has 4 rings (SSSR count). The van der Waals surface area contributed by atoms with Crippen LogP contribution in [-0.2, 0) is 24.9 Å². The number of amides is 1. The maximum Gasteiger partial charge on any atom is 0.232 e. The molecule has 1 amide bonds. The summed E-state index contributed by atoms with van der Waals surface area (Å²) in [6.45, 7) is 2.10. The van der Waals surface area contributed by atoms with Gasteiger partial charge in [0.25, 0.3) is 0 Å². The Morgan fingerprint density at radius 3 is 3.00 bits per heavy atom. The first-order valence-corrected chi connectivity index (χ1v) is 10.4. The highest BCUT2D eigenvalue weighted by atomic mass is 32.2. The summed E-state index contributed by atoms with van der Waals surface area (Å²) in [4.78, 5) is 14.5. The summed E-state index contributed by atoms with van der Waals surface area (Å²) in [5.41, 5.74) is 2.31. The Bertz CT molecular complexity index is 782. The van der Waals surface area contributed by atoms with Crippen molar-refractivity contribution in [1.29, 1.82) is 0 Å². The summed E-state index contributed by atoms with van der Waals surface area (Å²) in [6, 6.07) is 3.71. The van der Waals surface area contributed by atoms with Gasteiger partial charge in [-0.15, -0.1) is 0 Å². The van der Waals surface area contributed by atoms with Crippen LogP contribution in [-0.4, -0.2) is 53.5 Å². The third kappa shape index (κ3) is 3.81. The highest BCUT2D eigenvalue weighted by Crippen LogP contribution is 2.32. The van der Waals surface area contributed by atoms with Crippen molar-refractivity contribution < 1.29 is 9.90 Å². The van der Waals surface area contributed by atoms with Gasteiger partial charge in [0.15, 0.2) is 0 Å². The highest BCUT2D eigenvalue weighted by Gasteiger charge is 2.25. The number of thioether (sulfide) groups is 1. The van der Waals surface area contributed by atoms with E-state index in [0.29, 0.717) is 23.7 Å². The van der Waals surface area contributed by atoms with Gasteiger partial charge >= 0.3 is 0 Å². The van der Waals surface area contributed by atoms with Gasteiger partial charge in [0.05, 0.1) is 29.4 Å². The monoisotopic (exact) mass is 375 g/mol. The Kier molecular flexibility index (Phi) is 5.04. The van der Waals surface area contributed by atoms with Crippen LogP contribution in [0.4, 0.5) is 0 Å². The number of aliphatic hydroxyl groups excluding tert-OH is 1. The summed E-state index contributed by atoms with van der Waals surface area (Å²) in [6.07, 6.45) is 4.39. The maximum atomic E-state index is 12.5. The SMILES string of the molecule is Cn1nccc1[C@@H](O)c1cc2n(n1)CCCN(C(=O)CSCC1CC1)C2. The predicted octanol–water partition coefficient (Wildman–Crippen LogP) is 1.57. The molecule has 1 N–H and O–H groups in total.